The molecule has 1 aliphatic rings. The smallest absolute Gasteiger partial charge is 0.324 e. The van der Waals surface area contributed by atoms with Gasteiger partial charge in [0, 0.05) is 30.9 Å². The van der Waals surface area contributed by atoms with Gasteiger partial charge in [-0.2, -0.15) is 8.78 Å². The van der Waals surface area contributed by atoms with E-state index in [1.165, 1.54) is 12.1 Å². The molecule has 1 N–H and O–H groups in total. The molecule has 3 nitrogen and oxygen atoms in total. The van der Waals surface area contributed by atoms with Gasteiger partial charge in [-0.25, -0.2) is 13.2 Å². The molecule has 178 valence electrons. The van der Waals surface area contributed by atoms with Gasteiger partial charge >= 0.3 is 12.1 Å². The summed E-state index contributed by atoms with van der Waals surface area (Å²) in [6, 6.07) is 10.9. The number of hydrogen-bond donors (Lipinski definition) is 1. The van der Waals surface area contributed by atoms with Crippen molar-refractivity contribution < 1.29 is 26.7 Å². The Morgan fingerprint density at radius 2 is 1.94 bits per heavy atom. The third-order valence-electron chi connectivity index (χ3n) is 5.46. The van der Waals surface area contributed by atoms with Crippen LogP contribution in [0.3, 0.4) is 0 Å². The third-order valence-corrected chi connectivity index (χ3v) is 6.71. The normalized spacial score (nSPS) is 16.6. The molecule has 9 heteroatoms. The first-order valence-corrected chi connectivity index (χ1v) is 11.4. The molecule has 2 aromatic rings. The highest BCUT2D eigenvalue weighted by Crippen LogP contribution is 2.41. The number of halogens is 5. The zero-order chi connectivity index (χ0) is 24.2. The van der Waals surface area contributed by atoms with E-state index in [0.717, 1.165) is 6.42 Å². The molecule has 0 amide bonds. The Hall–Kier alpha value is -2.60. The zero-order valence-corrected chi connectivity index (χ0v) is 19.2. The molecular weight excluding hydrogens is 458 g/mol. The van der Waals surface area contributed by atoms with Crippen molar-refractivity contribution in [3.63, 3.8) is 0 Å². The first-order chi connectivity index (χ1) is 15.6. The van der Waals surface area contributed by atoms with Crippen LogP contribution < -0.4 is 15.4 Å². The summed E-state index contributed by atoms with van der Waals surface area (Å²) < 4.78 is 72.2. The highest BCUT2D eigenvalue weighted by atomic mass is 31.1. The van der Waals surface area contributed by atoms with E-state index in [0.29, 0.717) is 36.5 Å². The predicted octanol–water partition coefficient (Wildman–Crippen LogP) is 5.73. The summed E-state index contributed by atoms with van der Waals surface area (Å²) in [6.45, 7) is 11.3. The Bertz CT molecular complexity index is 994. The molecule has 2 atom stereocenters. The number of benzene rings is 2. The maximum atomic E-state index is 13.9. The minimum Gasteiger partial charge on any atom is -0.439 e. The molecule has 0 spiro atoms. The van der Waals surface area contributed by atoms with E-state index in [9.17, 15) is 22.0 Å². The van der Waals surface area contributed by atoms with Crippen LogP contribution in [0.4, 0.5) is 22.0 Å². The molecule has 1 heterocycles. The topological polar surface area (TPSA) is 24.5 Å². The van der Waals surface area contributed by atoms with E-state index in [1.54, 1.807) is 37.3 Å². The maximum Gasteiger partial charge on any atom is 0.324 e. The van der Waals surface area contributed by atoms with Crippen LogP contribution in [-0.2, 0) is 0 Å². The second-order valence-corrected chi connectivity index (χ2v) is 9.39. The van der Waals surface area contributed by atoms with Crippen LogP contribution in [0.2, 0.25) is 0 Å². The quantitative estimate of drug-likeness (QED) is 0.265. The van der Waals surface area contributed by atoms with E-state index in [-0.39, 0.29) is 22.9 Å². The van der Waals surface area contributed by atoms with Crippen molar-refractivity contribution in [2.75, 3.05) is 19.6 Å². The summed E-state index contributed by atoms with van der Waals surface area (Å²) in [5.41, 5.74) is -2.45. The number of nitrogens with zero attached hydrogens (tertiary/aromatic N) is 1. The van der Waals surface area contributed by atoms with Gasteiger partial charge in [0.05, 0.1) is 0 Å². The minimum atomic E-state index is -4.08. The molecular formula is C24H26F5N2OP. The molecule has 2 aromatic carbocycles. The molecule has 1 aliphatic heterocycles. The summed E-state index contributed by atoms with van der Waals surface area (Å²) in [4.78, 5) is 1.96. The molecule has 1 unspecified atom stereocenters. The lowest BCUT2D eigenvalue weighted by molar-refractivity contribution is -0.0586. The van der Waals surface area contributed by atoms with Crippen molar-refractivity contribution >= 4 is 19.6 Å². The van der Waals surface area contributed by atoms with Gasteiger partial charge in [0.25, 0.3) is 0 Å². The Kier molecular flexibility index (Phi) is 8.01. The van der Waals surface area contributed by atoms with Gasteiger partial charge < -0.3 is 15.0 Å². The molecule has 0 aliphatic carbocycles. The molecule has 0 aromatic heterocycles. The summed E-state index contributed by atoms with van der Waals surface area (Å²) in [7, 11) is -1.35. The van der Waals surface area contributed by atoms with Crippen molar-refractivity contribution in [1.29, 1.82) is 0 Å². The summed E-state index contributed by atoms with van der Waals surface area (Å²) in [6.07, 6.45) is -2.92. The number of hydrogen-bond acceptors (Lipinski definition) is 3. The van der Waals surface area contributed by atoms with E-state index in [1.807, 2.05) is 4.90 Å². The molecule has 1 saturated heterocycles. The van der Waals surface area contributed by atoms with Crippen molar-refractivity contribution in [1.82, 2.24) is 10.2 Å². The molecule has 1 fully saturated rings. The van der Waals surface area contributed by atoms with E-state index in [2.05, 4.69) is 18.5 Å². The van der Waals surface area contributed by atoms with Crippen LogP contribution in [0.15, 0.2) is 61.5 Å². The highest BCUT2D eigenvalue weighted by Gasteiger charge is 2.41. The first kappa shape index (κ1) is 25.0. The zero-order valence-electron chi connectivity index (χ0n) is 18.2. The van der Waals surface area contributed by atoms with Crippen molar-refractivity contribution in [2.24, 2.45) is 5.92 Å². The summed E-state index contributed by atoms with van der Waals surface area (Å²) in [5, 5.41) is 3.22. The Balaban J connectivity index is 1.57. The van der Waals surface area contributed by atoms with Crippen molar-refractivity contribution in [2.45, 2.75) is 25.4 Å². The van der Waals surface area contributed by atoms with Gasteiger partial charge in [0.15, 0.2) is 17.4 Å². The lowest BCUT2D eigenvalue weighted by Crippen LogP contribution is -2.28. The second-order valence-electron chi connectivity index (χ2n) is 7.93. The van der Waals surface area contributed by atoms with Crippen molar-refractivity contribution in [3.05, 3.63) is 78.4 Å². The fourth-order valence-corrected chi connectivity index (χ4v) is 4.67. The number of alkyl halides is 4. The number of para-hydroxylation sites is 1. The molecule has 0 bridgehead atoms. The van der Waals surface area contributed by atoms with Crippen LogP contribution in [0.5, 0.6) is 5.75 Å². The van der Waals surface area contributed by atoms with Crippen LogP contribution in [0.25, 0.3) is 5.70 Å². The summed E-state index contributed by atoms with van der Waals surface area (Å²) in [5.74, 6) is 0.0507. The van der Waals surface area contributed by atoms with E-state index >= 15 is 0 Å². The number of likely N-dealkylation sites (tertiary alicyclic amines) is 1. The minimum absolute atomic E-state index is 0.120. The third kappa shape index (κ3) is 6.26. The van der Waals surface area contributed by atoms with Gasteiger partial charge in [0.2, 0.25) is 0 Å². The van der Waals surface area contributed by atoms with E-state index < -0.39 is 26.5 Å². The van der Waals surface area contributed by atoms with Gasteiger partial charge in [-0.3, -0.25) is 0 Å². The number of ether oxygens (including phenoxy) is 1. The van der Waals surface area contributed by atoms with Gasteiger partial charge in [0.1, 0.15) is 0 Å². The fraction of sp³-hybridized carbons (Fsp3) is 0.333. The number of rotatable bonds is 10. The second kappa shape index (κ2) is 10.6. The van der Waals surface area contributed by atoms with E-state index in [4.69, 9.17) is 4.74 Å². The van der Waals surface area contributed by atoms with Crippen LogP contribution in [0.1, 0.15) is 17.5 Å². The standard InChI is InChI=1S/C24H26F5N2OP/c1-15-7-6-9-20(25)22(15)32-17(3)30-13-18-11-12-31(14-18)16(2)19-8-4-5-10-21(19)33-24(28,29)23(26)27/h4-10,18,23,30,33H,2-3,11-14H2,1H3/t18-/m0/s1. The average molecular weight is 484 g/mol. The lowest BCUT2D eigenvalue weighted by atomic mass is 10.1. The Labute approximate surface area is 192 Å². The lowest BCUT2D eigenvalue weighted by Gasteiger charge is -2.25. The molecule has 3 rings (SSSR count). The molecule has 0 saturated carbocycles. The van der Waals surface area contributed by atoms with Crippen LogP contribution in [-0.4, -0.2) is 36.6 Å². The largest absolute Gasteiger partial charge is 0.439 e. The molecule has 33 heavy (non-hydrogen) atoms. The Morgan fingerprint density at radius 1 is 1.21 bits per heavy atom. The maximum absolute atomic E-state index is 13.9. The van der Waals surface area contributed by atoms with Crippen LogP contribution in [0, 0.1) is 18.7 Å². The van der Waals surface area contributed by atoms with Gasteiger partial charge in [-0.15, -0.1) is 0 Å². The van der Waals surface area contributed by atoms with Gasteiger partial charge in [-0.1, -0.05) is 43.0 Å². The predicted molar refractivity (Wildman–Crippen MR) is 123 cm³/mol. The SMILES string of the molecule is C=C(NC[C@@H]1CCN(C(=C)c2ccccc2PC(F)(F)C(F)F)C1)Oc1c(C)cccc1F. The fourth-order valence-electron chi connectivity index (χ4n) is 3.66. The summed E-state index contributed by atoms with van der Waals surface area (Å²) >= 11 is 0. The highest BCUT2D eigenvalue weighted by molar-refractivity contribution is 7.48. The first-order valence-electron chi connectivity index (χ1n) is 10.4. The number of aryl methyl sites for hydroxylation is 1. The Morgan fingerprint density at radius 3 is 2.64 bits per heavy atom. The van der Waals surface area contributed by atoms with Gasteiger partial charge in [-0.05, 0) is 51.4 Å². The van der Waals surface area contributed by atoms with Crippen LogP contribution >= 0.6 is 8.58 Å². The van der Waals surface area contributed by atoms with Crippen molar-refractivity contribution in [3.8, 4) is 5.75 Å². The monoisotopic (exact) mass is 484 g/mol. The molecule has 0 radical (unpaired) electrons. The number of nitrogens with one attached hydrogen (secondary N) is 1. The average Bonchev–Trinajstić information content (AvgIpc) is 3.24.